The number of benzene rings is 2. The van der Waals surface area contributed by atoms with Gasteiger partial charge in [-0.15, -0.1) is 0 Å². The van der Waals surface area contributed by atoms with Gasteiger partial charge in [0.15, 0.2) is 0 Å². The lowest BCUT2D eigenvalue weighted by Crippen LogP contribution is -2.65. The van der Waals surface area contributed by atoms with E-state index >= 15 is 0 Å². The number of hydrogen-bond donors (Lipinski definition) is 2. The SMILES string of the molecule is CC(C)(C(=O)NC1CCCCC1)N(C(=O)Cc1ccc(F)cc1)[C@H]1CO[C@H]2[C@@H]1OC[C@@H]2N(C(=O)Cc1ccc(F)cc1)C(C)(C)C(=O)NC1CCCCC1. The monoisotopic (exact) mass is 750 g/mol. The zero-order chi connectivity index (χ0) is 38.6. The molecule has 4 fully saturated rings. The average molecular weight is 751 g/mol. The summed E-state index contributed by atoms with van der Waals surface area (Å²) in [6.07, 6.45) is 8.28. The molecule has 10 nitrogen and oxygen atoms in total. The molecule has 0 spiro atoms. The highest BCUT2D eigenvalue weighted by atomic mass is 19.1. The van der Waals surface area contributed by atoms with Crippen molar-refractivity contribution in [2.45, 2.75) is 152 Å². The third-order valence-electron chi connectivity index (χ3n) is 11.9. The smallest absolute Gasteiger partial charge is 0.245 e. The minimum Gasteiger partial charge on any atom is -0.371 e. The summed E-state index contributed by atoms with van der Waals surface area (Å²) in [4.78, 5) is 60.1. The highest BCUT2D eigenvalue weighted by Crippen LogP contribution is 2.38. The predicted molar refractivity (Wildman–Crippen MR) is 199 cm³/mol. The van der Waals surface area contributed by atoms with Crippen LogP contribution in [0.2, 0.25) is 0 Å². The first-order chi connectivity index (χ1) is 25.8. The van der Waals surface area contributed by atoms with E-state index in [1.54, 1.807) is 61.8 Å². The van der Waals surface area contributed by atoms with Crippen molar-refractivity contribution in [2.75, 3.05) is 13.2 Å². The van der Waals surface area contributed by atoms with E-state index in [4.69, 9.17) is 9.47 Å². The maximum absolute atomic E-state index is 14.4. The molecule has 2 saturated heterocycles. The molecule has 2 aromatic carbocycles. The Morgan fingerprint density at radius 1 is 0.593 bits per heavy atom. The molecule has 2 N–H and O–H groups in total. The second kappa shape index (κ2) is 16.9. The molecular formula is C42H56F2N4O6. The quantitative estimate of drug-likeness (QED) is 0.301. The lowest BCUT2D eigenvalue weighted by molar-refractivity contribution is -0.153. The lowest BCUT2D eigenvalue weighted by Gasteiger charge is -2.43. The van der Waals surface area contributed by atoms with Gasteiger partial charge in [0, 0.05) is 12.1 Å². The summed E-state index contributed by atoms with van der Waals surface area (Å²) in [5.74, 6) is -2.08. The van der Waals surface area contributed by atoms with Gasteiger partial charge in [0.2, 0.25) is 23.6 Å². The highest BCUT2D eigenvalue weighted by molar-refractivity contribution is 5.93. The minimum absolute atomic E-state index is 0.0157. The van der Waals surface area contributed by atoms with E-state index in [1.807, 2.05) is 0 Å². The van der Waals surface area contributed by atoms with E-state index in [1.165, 1.54) is 24.3 Å². The van der Waals surface area contributed by atoms with Gasteiger partial charge < -0.3 is 29.9 Å². The number of ether oxygens (including phenoxy) is 2. The van der Waals surface area contributed by atoms with Crippen LogP contribution in [0.4, 0.5) is 8.78 Å². The Kier molecular flexibility index (Phi) is 12.4. The van der Waals surface area contributed by atoms with Gasteiger partial charge in [-0.05, 0) is 88.8 Å². The number of hydrogen-bond acceptors (Lipinski definition) is 6. The Hall–Kier alpha value is -3.90. The van der Waals surface area contributed by atoms with Crippen LogP contribution in [0.3, 0.4) is 0 Å². The van der Waals surface area contributed by atoms with E-state index < -0.39 is 47.0 Å². The predicted octanol–water partition coefficient (Wildman–Crippen LogP) is 5.40. The number of amides is 4. The number of carbonyl (C=O) groups excluding carboxylic acids is 4. The number of nitrogens with one attached hydrogen (secondary N) is 2. The van der Waals surface area contributed by atoms with Gasteiger partial charge in [-0.3, -0.25) is 19.2 Å². The number of nitrogens with zero attached hydrogens (tertiary/aromatic N) is 2. The molecule has 2 heterocycles. The van der Waals surface area contributed by atoms with Gasteiger partial charge >= 0.3 is 0 Å². The molecule has 4 amide bonds. The van der Waals surface area contributed by atoms with E-state index in [0.717, 1.165) is 64.2 Å². The van der Waals surface area contributed by atoms with Crippen molar-refractivity contribution in [1.29, 1.82) is 0 Å². The fraction of sp³-hybridized carbons (Fsp3) is 0.619. The number of fused-ring (bicyclic) bond motifs is 1. The first-order valence-corrected chi connectivity index (χ1v) is 19.7. The molecule has 6 rings (SSSR count). The van der Waals surface area contributed by atoms with Crippen molar-refractivity contribution < 1.29 is 37.4 Å². The lowest BCUT2D eigenvalue weighted by atomic mass is 9.90. The first-order valence-electron chi connectivity index (χ1n) is 19.7. The van der Waals surface area contributed by atoms with Crippen molar-refractivity contribution in [2.24, 2.45) is 0 Å². The summed E-state index contributed by atoms with van der Waals surface area (Å²) in [5, 5.41) is 6.40. The van der Waals surface area contributed by atoms with Crippen molar-refractivity contribution in [3.05, 3.63) is 71.3 Å². The van der Waals surface area contributed by atoms with Crippen LogP contribution in [0.15, 0.2) is 48.5 Å². The van der Waals surface area contributed by atoms with Crippen molar-refractivity contribution >= 4 is 23.6 Å². The van der Waals surface area contributed by atoms with Crippen LogP contribution in [0.25, 0.3) is 0 Å². The maximum atomic E-state index is 14.4. The van der Waals surface area contributed by atoms with Crippen LogP contribution in [-0.4, -0.2) is 94.1 Å². The van der Waals surface area contributed by atoms with Crippen LogP contribution in [0.1, 0.15) is 103 Å². The standard InChI is InChI=1S/C42H56F2N4O6/c1-41(2,39(51)45-31-11-7-5-8-12-31)47(35(49)23-27-15-19-29(43)20-16-27)33-25-53-38-34(26-54-37(33)38)48(36(50)24-28-17-21-30(44)22-18-28)42(3,4)40(52)46-32-13-9-6-10-14-32/h15-22,31-34,37-38H,5-14,23-26H2,1-4H3,(H,45,51)(H,46,52)/t33-,34-,37+,38+/m0/s1. The van der Waals surface area contributed by atoms with Crippen molar-refractivity contribution in [1.82, 2.24) is 20.4 Å². The summed E-state index contributed by atoms with van der Waals surface area (Å²) in [6, 6.07) is 10.1. The summed E-state index contributed by atoms with van der Waals surface area (Å²) >= 11 is 0. The second-order valence-corrected chi connectivity index (χ2v) is 16.6. The van der Waals surface area contributed by atoms with Crippen LogP contribution in [0, 0.1) is 11.6 Å². The molecule has 294 valence electrons. The molecule has 12 heteroatoms. The van der Waals surface area contributed by atoms with Crippen molar-refractivity contribution in [3.63, 3.8) is 0 Å². The fourth-order valence-electron chi connectivity index (χ4n) is 8.89. The van der Waals surface area contributed by atoms with Gasteiger partial charge in [-0.1, -0.05) is 62.8 Å². The van der Waals surface area contributed by atoms with Crippen molar-refractivity contribution in [3.8, 4) is 0 Å². The zero-order valence-corrected chi connectivity index (χ0v) is 32.1. The fourth-order valence-corrected chi connectivity index (χ4v) is 8.89. The van der Waals surface area contributed by atoms with Gasteiger partial charge in [0.25, 0.3) is 0 Å². The Balaban J connectivity index is 1.29. The van der Waals surface area contributed by atoms with Crippen LogP contribution >= 0.6 is 0 Å². The Labute approximate surface area is 317 Å². The molecule has 0 bridgehead atoms. The Morgan fingerprint density at radius 2 is 0.926 bits per heavy atom. The molecule has 54 heavy (non-hydrogen) atoms. The largest absolute Gasteiger partial charge is 0.371 e. The zero-order valence-electron chi connectivity index (χ0n) is 32.1. The first kappa shape index (κ1) is 39.8. The third kappa shape index (κ3) is 8.80. The van der Waals surface area contributed by atoms with Gasteiger partial charge in [-0.2, -0.15) is 0 Å². The van der Waals surface area contributed by atoms with Crippen LogP contribution < -0.4 is 10.6 Å². The molecule has 0 radical (unpaired) electrons. The highest BCUT2D eigenvalue weighted by Gasteiger charge is 2.58. The Morgan fingerprint density at radius 3 is 1.26 bits per heavy atom. The topological polar surface area (TPSA) is 117 Å². The normalized spacial score (nSPS) is 23.7. The minimum atomic E-state index is -1.32. The summed E-state index contributed by atoms with van der Waals surface area (Å²) < 4.78 is 40.5. The number of carbonyl (C=O) groups is 4. The molecule has 2 saturated carbocycles. The molecule has 4 aliphatic rings. The maximum Gasteiger partial charge on any atom is 0.245 e. The number of rotatable bonds is 12. The van der Waals surface area contributed by atoms with Crippen LogP contribution in [-0.2, 0) is 41.5 Å². The molecular weight excluding hydrogens is 694 g/mol. The molecule has 4 atom stereocenters. The van der Waals surface area contributed by atoms with Crippen LogP contribution in [0.5, 0.6) is 0 Å². The van der Waals surface area contributed by atoms with E-state index in [0.29, 0.717) is 11.1 Å². The summed E-state index contributed by atoms with van der Waals surface area (Å²) in [5.41, 5.74) is -1.45. The van der Waals surface area contributed by atoms with E-state index in [9.17, 15) is 28.0 Å². The van der Waals surface area contributed by atoms with Gasteiger partial charge in [-0.25, -0.2) is 8.78 Å². The van der Waals surface area contributed by atoms with Gasteiger partial charge in [0.05, 0.1) is 38.1 Å². The van der Waals surface area contributed by atoms with E-state index in [-0.39, 0.29) is 61.8 Å². The van der Waals surface area contributed by atoms with E-state index in [2.05, 4.69) is 10.6 Å². The molecule has 2 aromatic rings. The average Bonchev–Trinajstić information content (AvgIpc) is 3.74. The molecule has 2 aliphatic heterocycles. The second-order valence-electron chi connectivity index (χ2n) is 16.6. The molecule has 2 aliphatic carbocycles. The Bertz CT molecular complexity index is 1520. The summed E-state index contributed by atoms with van der Waals surface area (Å²) in [7, 11) is 0. The van der Waals surface area contributed by atoms with Gasteiger partial charge in [0.1, 0.15) is 34.9 Å². The number of halogens is 2. The summed E-state index contributed by atoms with van der Waals surface area (Å²) in [6.45, 7) is 6.98. The third-order valence-corrected chi connectivity index (χ3v) is 11.9. The molecule has 0 unspecified atom stereocenters. The molecule has 0 aromatic heterocycles.